The van der Waals surface area contributed by atoms with Crippen LogP contribution in [0.15, 0.2) is 18.2 Å². The van der Waals surface area contributed by atoms with Gasteiger partial charge in [0.2, 0.25) is 0 Å². The van der Waals surface area contributed by atoms with Crippen molar-refractivity contribution in [3.8, 4) is 0 Å². The number of hydrogen-bond acceptors (Lipinski definition) is 0. The molecule has 14 heavy (non-hydrogen) atoms. The second kappa shape index (κ2) is 3.52. The largest absolute Gasteiger partial charge is 0.207 e. The van der Waals surface area contributed by atoms with Crippen molar-refractivity contribution in [1.29, 1.82) is 0 Å². The van der Waals surface area contributed by atoms with Crippen LogP contribution in [0.3, 0.4) is 0 Å². The van der Waals surface area contributed by atoms with E-state index in [4.69, 9.17) is 0 Å². The zero-order chi connectivity index (χ0) is 10.1. The number of hydrogen-bond donors (Lipinski definition) is 0. The fourth-order valence-electron chi connectivity index (χ4n) is 1.76. The second-order valence-electron chi connectivity index (χ2n) is 3.69. The molecule has 0 atom stereocenters. The molecule has 0 spiro atoms. The number of allylic oxidation sites excluding steroid dienone is 2. The van der Waals surface area contributed by atoms with E-state index in [-0.39, 0.29) is 5.56 Å². The summed E-state index contributed by atoms with van der Waals surface area (Å²) in [5, 5.41) is 0. The zero-order valence-electron chi connectivity index (χ0n) is 8.11. The summed E-state index contributed by atoms with van der Waals surface area (Å²) < 4.78 is 26.5. The van der Waals surface area contributed by atoms with Crippen molar-refractivity contribution in [2.24, 2.45) is 0 Å². The fourth-order valence-corrected chi connectivity index (χ4v) is 1.76. The smallest absolute Gasteiger partial charge is 0.129 e. The summed E-state index contributed by atoms with van der Waals surface area (Å²) in [4.78, 5) is 0. The molecule has 1 aliphatic rings. The average molecular weight is 194 g/mol. The molecule has 0 heterocycles. The molecule has 2 rings (SSSR count). The van der Waals surface area contributed by atoms with Crippen molar-refractivity contribution >= 4 is 5.57 Å². The third-order valence-electron chi connectivity index (χ3n) is 2.69. The van der Waals surface area contributed by atoms with Crippen LogP contribution in [0.25, 0.3) is 5.57 Å². The molecule has 1 aromatic carbocycles. The zero-order valence-corrected chi connectivity index (χ0v) is 8.11. The third kappa shape index (κ3) is 1.57. The molecule has 0 saturated heterocycles. The highest BCUT2D eigenvalue weighted by atomic mass is 19.1. The topological polar surface area (TPSA) is 0 Å². The van der Waals surface area contributed by atoms with Crippen LogP contribution in [0.2, 0.25) is 0 Å². The van der Waals surface area contributed by atoms with Gasteiger partial charge >= 0.3 is 0 Å². The molecule has 0 unspecified atom stereocenters. The molecule has 74 valence electrons. The minimum absolute atomic E-state index is 0.104. The molecule has 1 aromatic rings. The van der Waals surface area contributed by atoms with Gasteiger partial charge in [-0.15, -0.1) is 0 Å². The highest BCUT2D eigenvalue weighted by Crippen LogP contribution is 2.29. The Labute approximate surface area is 82.3 Å². The van der Waals surface area contributed by atoms with Crippen LogP contribution in [0.5, 0.6) is 0 Å². The number of halogens is 2. The molecular weight excluding hydrogens is 182 g/mol. The van der Waals surface area contributed by atoms with E-state index in [9.17, 15) is 8.78 Å². The van der Waals surface area contributed by atoms with Crippen LogP contribution in [-0.2, 0) is 0 Å². The molecule has 0 saturated carbocycles. The normalized spacial score (nSPS) is 15.8. The Morgan fingerprint density at radius 3 is 2.29 bits per heavy atom. The van der Waals surface area contributed by atoms with Crippen LogP contribution in [0.1, 0.15) is 30.4 Å². The Balaban J connectivity index is 2.45. The van der Waals surface area contributed by atoms with Crippen LogP contribution in [-0.4, -0.2) is 0 Å². The lowest BCUT2D eigenvalue weighted by Gasteiger charge is -2.05. The minimum Gasteiger partial charge on any atom is -0.207 e. The highest BCUT2D eigenvalue weighted by Gasteiger charge is 2.12. The number of rotatable bonds is 1. The van der Waals surface area contributed by atoms with Crippen LogP contribution in [0, 0.1) is 18.6 Å². The average Bonchev–Trinajstić information content (AvgIpc) is 2.66. The lowest BCUT2D eigenvalue weighted by atomic mass is 10.0. The van der Waals surface area contributed by atoms with Crippen molar-refractivity contribution < 1.29 is 8.78 Å². The summed E-state index contributed by atoms with van der Waals surface area (Å²) in [5.41, 5.74) is 1.87. The van der Waals surface area contributed by atoms with E-state index in [0.29, 0.717) is 5.56 Å². The van der Waals surface area contributed by atoms with E-state index >= 15 is 0 Å². The maximum atomic E-state index is 13.2. The summed E-state index contributed by atoms with van der Waals surface area (Å²) in [6.45, 7) is 1.46. The van der Waals surface area contributed by atoms with Crippen molar-refractivity contribution in [3.63, 3.8) is 0 Å². The van der Waals surface area contributed by atoms with Gasteiger partial charge in [-0.05, 0) is 49.5 Å². The van der Waals surface area contributed by atoms with Gasteiger partial charge in [-0.1, -0.05) is 6.08 Å². The SMILES string of the molecule is Cc1c(F)cc(C2=CCCC2)cc1F. The summed E-state index contributed by atoms with van der Waals surface area (Å²) >= 11 is 0. The summed E-state index contributed by atoms with van der Waals surface area (Å²) in [7, 11) is 0. The molecule has 0 amide bonds. The van der Waals surface area contributed by atoms with Crippen molar-refractivity contribution in [1.82, 2.24) is 0 Å². The molecule has 1 aliphatic carbocycles. The molecule has 2 heteroatoms. The van der Waals surface area contributed by atoms with Gasteiger partial charge in [-0.3, -0.25) is 0 Å². The van der Waals surface area contributed by atoms with Crippen LogP contribution in [0.4, 0.5) is 8.78 Å². The molecular formula is C12H12F2. The van der Waals surface area contributed by atoms with E-state index in [1.165, 1.54) is 19.1 Å². The van der Waals surface area contributed by atoms with E-state index in [1.54, 1.807) is 0 Å². The van der Waals surface area contributed by atoms with Gasteiger partial charge in [0.15, 0.2) is 0 Å². The third-order valence-corrected chi connectivity index (χ3v) is 2.69. The fraction of sp³-hybridized carbons (Fsp3) is 0.333. The van der Waals surface area contributed by atoms with Crippen molar-refractivity contribution in [2.75, 3.05) is 0 Å². The number of benzene rings is 1. The van der Waals surface area contributed by atoms with Crippen LogP contribution < -0.4 is 0 Å². The maximum Gasteiger partial charge on any atom is 0.129 e. The Morgan fingerprint density at radius 1 is 1.14 bits per heavy atom. The Bertz CT molecular complexity index is 368. The Hall–Kier alpha value is -1.18. The molecule has 0 radical (unpaired) electrons. The standard InChI is InChI=1S/C12H12F2/c1-8-11(13)6-10(7-12(8)14)9-4-2-3-5-9/h4,6-7H,2-3,5H2,1H3. The van der Waals surface area contributed by atoms with Gasteiger partial charge in [0.25, 0.3) is 0 Å². The molecule has 0 N–H and O–H groups in total. The molecule has 0 fully saturated rings. The summed E-state index contributed by atoms with van der Waals surface area (Å²) in [6, 6.07) is 2.85. The van der Waals surface area contributed by atoms with E-state index in [2.05, 4.69) is 6.08 Å². The van der Waals surface area contributed by atoms with E-state index in [0.717, 1.165) is 24.8 Å². The van der Waals surface area contributed by atoms with Crippen molar-refractivity contribution in [3.05, 3.63) is 41.0 Å². The van der Waals surface area contributed by atoms with Gasteiger partial charge in [-0.2, -0.15) is 0 Å². The maximum absolute atomic E-state index is 13.2. The summed E-state index contributed by atoms with van der Waals surface area (Å²) in [6.07, 6.45) is 5.10. The van der Waals surface area contributed by atoms with Gasteiger partial charge in [0, 0.05) is 5.56 Å². The Morgan fingerprint density at radius 2 is 1.79 bits per heavy atom. The molecule has 0 aromatic heterocycles. The second-order valence-corrected chi connectivity index (χ2v) is 3.69. The van der Waals surface area contributed by atoms with Gasteiger partial charge in [-0.25, -0.2) is 8.78 Å². The minimum atomic E-state index is -0.451. The first-order valence-electron chi connectivity index (χ1n) is 4.83. The lowest BCUT2D eigenvalue weighted by molar-refractivity contribution is 0.567. The monoisotopic (exact) mass is 194 g/mol. The molecule has 0 nitrogen and oxygen atoms in total. The predicted molar refractivity (Wildman–Crippen MR) is 52.9 cm³/mol. The summed E-state index contributed by atoms with van der Waals surface area (Å²) in [5.74, 6) is -0.902. The predicted octanol–water partition coefficient (Wildman–Crippen LogP) is 3.84. The van der Waals surface area contributed by atoms with E-state index in [1.807, 2.05) is 0 Å². The lowest BCUT2D eigenvalue weighted by Crippen LogP contribution is -1.92. The Kier molecular flexibility index (Phi) is 2.36. The van der Waals surface area contributed by atoms with Crippen molar-refractivity contribution in [2.45, 2.75) is 26.2 Å². The first-order valence-corrected chi connectivity index (χ1v) is 4.83. The molecule has 0 aliphatic heterocycles. The van der Waals surface area contributed by atoms with Gasteiger partial charge < -0.3 is 0 Å². The molecule has 0 bridgehead atoms. The first kappa shape index (κ1) is 9.38. The van der Waals surface area contributed by atoms with Gasteiger partial charge in [0.1, 0.15) is 11.6 Å². The quantitative estimate of drug-likeness (QED) is 0.637. The van der Waals surface area contributed by atoms with Crippen LogP contribution >= 0.6 is 0 Å². The first-order chi connectivity index (χ1) is 6.68. The highest BCUT2D eigenvalue weighted by molar-refractivity contribution is 5.67. The van der Waals surface area contributed by atoms with E-state index < -0.39 is 11.6 Å². The van der Waals surface area contributed by atoms with Gasteiger partial charge in [0.05, 0.1) is 0 Å².